The van der Waals surface area contributed by atoms with Crippen LogP contribution in [-0.4, -0.2) is 19.2 Å². The molecule has 0 atom stereocenters. The van der Waals surface area contributed by atoms with Crippen molar-refractivity contribution in [3.63, 3.8) is 0 Å². The average Bonchev–Trinajstić information content (AvgIpc) is 2.53. The predicted molar refractivity (Wildman–Crippen MR) is 93.8 cm³/mol. The standard InChI is InChI=1S/C19H17NO3/c1-20(2)17-6-4-3-5-13(17)7-8-14-11-19(22)23-18-10-9-15(21)12-16(14)18/h3-12,21H,1-2H3/b8-7+. The first kappa shape index (κ1) is 14.9. The maximum atomic E-state index is 11.7. The third kappa shape index (κ3) is 3.11. The van der Waals surface area contributed by atoms with Crippen LogP contribution in [0.1, 0.15) is 11.1 Å². The third-order valence-electron chi connectivity index (χ3n) is 3.62. The lowest BCUT2D eigenvalue weighted by Crippen LogP contribution is -2.09. The second-order valence-electron chi connectivity index (χ2n) is 5.49. The Bertz CT molecular complexity index is 939. The number of hydrogen-bond donors (Lipinski definition) is 1. The summed E-state index contributed by atoms with van der Waals surface area (Å²) in [5.41, 5.74) is 2.87. The van der Waals surface area contributed by atoms with Crippen LogP contribution >= 0.6 is 0 Å². The zero-order valence-electron chi connectivity index (χ0n) is 13.0. The second kappa shape index (κ2) is 6.01. The van der Waals surface area contributed by atoms with E-state index in [1.54, 1.807) is 12.1 Å². The van der Waals surface area contributed by atoms with Gasteiger partial charge in [-0.2, -0.15) is 0 Å². The topological polar surface area (TPSA) is 53.7 Å². The molecule has 1 N–H and O–H groups in total. The fourth-order valence-electron chi connectivity index (χ4n) is 2.53. The van der Waals surface area contributed by atoms with Crippen molar-refractivity contribution >= 4 is 28.8 Å². The van der Waals surface area contributed by atoms with Crippen LogP contribution in [0, 0.1) is 0 Å². The minimum atomic E-state index is -0.413. The summed E-state index contributed by atoms with van der Waals surface area (Å²) in [5.74, 6) is 0.134. The molecule has 1 aromatic heterocycles. The molecule has 0 aliphatic heterocycles. The van der Waals surface area contributed by atoms with Gasteiger partial charge in [0.2, 0.25) is 0 Å². The van der Waals surface area contributed by atoms with Crippen molar-refractivity contribution < 1.29 is 9.52 Å². The summed E-state index contributed by atoms with van der Waals surface area (Å²) >= 11 is 0. The van der Waals surface area contributed by atoms with Crippen molar-refractivity contribution in [2.45, 2.75) is 0 Å². The Hall–Kier alpha value is -3.01. The minimum absolute atomic E-state index is 0.134. The first-order chi connectivity index (χ1) is 11.0. The van der Waals surface area contributed by atoms with E-state index in [1.807, 2.05) is 55.4 Å². The highest BCUT2D eigenvalue weighted by Crippen LogP contribution is 2.25. The van der Waals surface area contributed by atoms with Gasteiger partial charge in [-0.05, 0) is 35.4 Å². The highest BCUT2D eigenvalue weighted by molar-refractivity contribution is 5.91. The van der Waals surface area contributed by atoms with Gasteiger partial charge < -0.3 is 14.4 Å². The van der Waals surface area contributed by atoms with Gasteiger partial charge in [-0.25, -0.2) is 4.79 Å². The van der Waals surface area contributed by atoms with Crippen LogP contribution in [0.3, 0.4) is 0 Å². The molecule has 4 nitrogen and oxygen atoms in total. The summed E-state index contributed by atoms with van der Waals surface area (Å²) in [6.07, 6.45) is 3.81. The summed E-state index contributed by atoms with van der Waals surface area (Å²) in [7, 11) is 3.97. The van der Waals surface area contributed by atoms with Gasteiger partial charge in [0.05, 0.1) is 0 Å². The Morgan fingerprint density at radius 2 is 1.74 bits per heavy atom. The van der Waals surface area contributed by atoms with E-state index in [0.717, 1.165) is 11.3 Å². The molecule has 0 unspecified atom stereocenters. The molecule has 4 heteroatoms. The molecule has 0 bridgehead atoms. The Morgan fingerprint density at radius 1 is 1.00 bits per heavy atom. The lowest BCUT2D eigenvalue weighted by atomic mass is 10.1. The summed E-state index contributed by atoms with van der Waals surface area (Å²) in [4.78, 5) is 13.7. The maximum absolute atomic E-state index is 11.7. The number of phenols is 1. The molecule has 0 amide bonds. The van der Waals surface area contributed by atoms with Crippen molar-refractivity contribution in [2.24, 2.45) is 0 Å². The van der Waals surface area contributed by atoms with Gasteiger partial charge >= 0.3 is 5.63 Å². The monoisotopic (exact) mass is 307 g/mol. The first-order valence-corrected chi connectivity index (χ1v) is 7.26. The number of benzene rings is 2. The van der Waals surface area contributed by atoms with E-state index in [0.29, 0.717) is 16.5 Å². The SMILES string of the molecule is CN(C)c1ccccc1/C=C/c1cc(=O)oc2ccc(O)cc12. The smallest absolute Gasteiger partial charge is 0.336 e. The van der Waals surface area contributed by atoms with E-state index in [4.69, 9.17) is 4.42 Å². The van der Waals surface area contributed by atoms with E-state index in [-0.39, 0.29) is 5.75 Å². The Kier molecular flexibility index (Phi) is 3.89. The largest absolute Gasteiger partial charge is 0.508 e. The van der Waals surface area contributed by atoms with E-state index in [2.05, 4.69) is 0 Å². The fourth-order valence-corrected chi connectivity index (χ4v) is 2.53. The van der Waals surface area contributed by atoms with E-state index in [9.17, 15) is 9.90 Å². The van der Waals surface area contributed by atoms with Gasteiger partial charge in [-0.15, -0.1) is 0 Å². The van der Waals surface area contributed by atoms with Crippen LogP contribution in [0.4, 0.5) is 5.69 Å². The molecule has 0 radical (unpaired) electrons. The van der Waals surface area contributed by atoms with Crippen molar-refractivity contribution in [3.05, 3.63) is 70.1 Å². The molecule has 3 aromatic rings. The van der Waals surface area contributed by atoms with Crippen molar-refractivity contribution in [1.29, 1.82) is 0 Å². The zero-order chi connectivity index (χ0) is 16.4. The fraction of sp³-hybridized carbons (Fsp3) is 0.105. The summed E-state index contributed by atoms with van der Waals surface area (Å²) in [5, 5.41) is 10.4. The third-order valence-corrected chi connectivity index (χ3v) is 3.62. The van der Waals surface area contributed by atoms with Gasteiger partial charge in [-0.3, -0.25) is 0 Å². The molecule has 0 saturated carbocycles. The normalized spacial score (nSPS) is 11.2. The van der Waals surface area contributed by atoms with E-state index in [1.165, 1.54) is 12.1 Å². The number of aromatic hydroxyl groups is 1. The lowest BCUT2D eigenvalue weighted by Gasteiger charge is -2.15. The molecule has 23 heavy (non-hydrogen) atoms. The molecule has 0 fully saturated rings. The van der Waals surface area contributed by atoms with Gasteiger partial charge in [-0.1, -0.05) is 30.4 Å². The molecular formula is C19H17NO3. The number of nitrogens with zero attached hydrogens (tertiary/aromatic N) is 1. The van der Waals surface area contributed by atoms with Gasteiger partial charge in [0.25, 0.3) is 0 Å². The van der Waals surface area contributed by atoms with Gasteiger partial charge in [0.1, 0.15) is 11.3 Å². The van der Waals surface area contributed by atoms with Crippen molar-refractivity contribution in [1.82, 2.24) is 0 Å². The van der Waals surface area contributed by atoms with Crippen molar-refractivity contribution in [3.8, 4) is 5.75 Å². The highest BCUT2D eigenvalue weighted by atomic mass is 16.4. The number of rotatable bonds is 3. The van der Waals surface area contributed by atoms with E-state index >= 15 is 0 Å². The van der Waals surface area contributed by atoms with E-state index < -0.39 is 5.63 Å². The van der Waals surface area contributed by atoms with Crippen LogP contribution in [-0.2, 0) is 0 Å². The van der Waals surface area contributed by atoms with Crippen LogP contribution in [0.25, 0.3) is 23.1 Å². The van der Waals surface area contributed by atoms with Gasteiger partial charge in [0, 0.05) is 31.2 Å². The molecule has 1 heterocycles. The number of anilines is 1. The Balaban J connectivity index is 2.12. The summed E-state index contributed by atoms with van der Waals surface area (Å²) in [6.45, 7) is 0. The average molecular weight is 307 g/mol. The Labute approximate surface area is 133 Å². The molecule has 0 saturated heterocycles. The quantitative estimate of drug-likeness (QED) is 0.749. The molecule has 0 aliphatic carbocycles. The van der Waals surface area contributed by atoms with Crippen molar-refractivity contribution in [2.75, 3.05) is 19.0 Å². The van der Waals surface area contributed by atoms with Gasteiger partial charge in [0.15, 0.2) is 0 Å². The number of phenolic OH excluding ortho intramolecular Hbond substituents is 1. The number of hydrogen-bond acceptors (Lipinski definition) is 4. The molecular weight excluding hydrogens is 290 g/mol. The first-order valence-electron chi connectivity index (χ1n) is 7.26. The molecule has 0 aliphatic rings. The lowest BCUT2D eigenvalue weighted by molar-refractivity contribution is 0.475. The molecule has 2 aromatic carbocycles. The van der Waals surface area contributed by atoms with Crippen LogP contribution in [0.15, 0.2) is 57.7 Å². The highest BCUT2D eigenvalue weighted by Gasteiger charge is 2.05. The second-order valence-corrected chi connectivity index (χ2v) is 5.49. The number of fused-ring (bicyclic) bond motifs is 1. The van der Waals surface area contributed by atoms with Crippen LogP contribution in [0.5, 0.6) is 5.75 Å². The minimum Gasteiger partial charge on any atom is -0.508 e. The molecule has 0 spiro atoms. The summed E-state index contributed by atoms with van der Waals surface area (Å²) < 4.78 is 5.16. The maximum Gasteiger partial charge on any atom is 0.336 e. The van der Waals surface area contributed by atoms with Crippen LogP contribution in [0.2, 0.25) is 0 Å². The number of para-hydroxylation sites is 1. The predicted octanol–water partition coefficient (Wildman–Crippen LogP) is 3.74. The molecule has 3 rings (SSSR count). The Morgan fingerprint density at radius 3 is 2.52 bits per heavy atom. The van der Waals surface area contributed by atoms with Crippen LogP contribution < -0.4 is 10.5 Å². The summed E-state index contributed by atoms with van der Waals surface area (Å²) in [6, 6.07) is 14.1. The molecule has 116 valence electrons. The zero-order valence-corrected chi connectivity index (χ0v) is 13.0.